The number of urea groups is 1. The molecule has 1 unspecified atom stereocenters. The number of carbonyl (C=O) groups excluding carboxylic acids is 1. The molecule has 0 bridgehead atoms. The number of nitrogens with one attached hydrogen (secondary N) is 1. The number of aromatic nitrogens is 1. The Balaban J connectivity index is 2.86. The Morgan fingerprint density at radius 3 is 2.33 bits per heavy atom. The lowest BCUT2D eigenvalue weighted by Crippen LogP contribution is -2.52. The summed E-state index contributed by atoms with van der Waals surface area (Å²) in [5.74, 6) is -1.03. The van der Waals surface area contributed by atoms with Gasteiger partial charge in [-0.1, -0.05) is 0 Å². The molecule has 0 saturated carbocycles. The number of nitrogens with zero attached hydrogens (tertiary/aromatic N) is 2. The van der Waals surface area contributed by atoms with E-state index in [2.05, 4.69) is 10.3 Å². The van der Waals surface area contributed by atoms with Crippen molar-refractivity contribution in [1.29, 1.82) is 0 Å². The summed E-state index contributed by atoms with van der Waals surface area (Å²) in [6.07, 6.45) is 0. The second-order valence-corrected chi connectivity index (χ2v) is 7.24. The third kappa shape index (κ3) is 4.70. The van der Waals surface area contributed by atoms with Crippen molar-refractivity contribution in [3.63, 3.8) is 0 Å². The SMILES string of the molecule is Cc1nc(C)c(C(C)NC(=O)N(CC(=O)O)C(C)(C)C)s1. The maximum atomic E-state index is 12.4. The molecule has 0 saturated heterocycles. The maximum absolute atomic E-state index is 12.4. The van der Waals surface area contributed by atoms with Crippen LogP contribution in [0.4, 0.5) is 4.79 Å². The number of carboxylic acids is 1. The molecular formula is C14H23N3O3S. The van der Waals surface area contributed by atoms with E-state index < -0.39 is 11.5 Å². The Morgan fingerprint density at radius 1 is 1.38 bits per heavy atom. The first kappa shape index (κ1) is 17.4. The quantitative estimate of drug-likeness (QED) is 0.895. The molecule has 1 aromatic heterocycles. The maximum Gasteiger partial charge on any atom is 0.323 e. The fourth-order valence-corrected chi connectivity index (χ4v) is 2.96. The number of carbonyl (C=O) groups is 2. The van der Waals surface area contributed by atoms with Crippen molar-refractivity contribution < 1.29 is 14.7 Å². The van der Waals surface area contributed by atoms with Crippen LogP contribution in [0.3, 0.4) is 0 Å². The van der Waals surface area contributed by atoms with Gasteiger partial charge in [0.2, 0.25) is 0 Å². The normalized spacial score (nSPS) is 12.9. The smallest absolute Gasteiger partial charge is 0.323 e. The van der Waals surface area contributed by atoms with Gasteiger partial charge >= 0.3 is 12.0 Å². The van der Waals surface area contributed by atoms with E-state index in [0.717, 1.165) is 15.6 Å². The average molecular weight is 313 g/mol. The van der Waals surface area contributed by atoms with Gasteiger partial charge < -0.3 is 15.3 Å². The molecule has 0 aromatic carbocycles. The number of hydrogen-bond acceptors (Lipinski definition) is 4. The predicted molar refractivity (Wildman–Crippen MR) is 82.6 cm³/mol. The van der Waals surface area contributed by atoms with Crippen LogP contribution in [0.2, 0.25) is 0 Å². The molecule has 0 radical (unpaired) electrons. The Bertz CT molecular complexity index is 534. The Hall–Kier alpha value is -1.63. The number of carboxylic acid groups (broad SMARTS) is 1. The average Bonchev–Trinajstić information content (AvgIpc) is 2.63. The van der Waals surface area contributed by atoms with Gasteiger partial charge in [0, 0.05) is 10.4 Å². The predicted octanol–water partition coefficient (Wildman–Crippen LogP) is 2.72. The van der Waals surface area contributed by atoms with Crippen LogP contribution in [-0.4, -0.2) is 39.1 Å². The monoisotopic (exact) mass is 313 g/mol. The summed E-state index contributed by atoms with van der Waals surface area (Å²) in [5.41, 5.74) is 0.326. The zero-order valence-electron chi connectivity index (χ0n) is 13.4. The highest BCUT2D eigenvalue weighted by Gasteiger charge is 2.29. The third-order valence-corrected chi connectivity index (χ3v) is 4.28. The summed E-state index contributed by atoms with van der Waals surface area (Å²) in [4.78, 5) is 30.0. The van der Waals surface area contributed by atoms with Crippen molar-refractivity contribution in [2.45, 2.75) is 53.1 Å². The summed E-state index contributed by atoms with van der Waals surface area (Å²) in [7, 11) is 0. The molecule has 0 fully saturated rings. The zero-order valence-corrected chi connectivity index (χ0v) is 14.2. The van der Waals surface area contributed by atoms with E-state index >= 15 is 0 Å². The molecule has 7 heteroatoms. The molecule has 21 heavy (non-hydrogen) atoms. The van der Waals surface area contributed by atoms with Crippen molar-refractivity contribution in [2.24, 2.45) is 0 Å². The first-order chi connectivity index (χ1) is 9.52. The van der Waals surface area contributed by atoms with Gasteiger partial charge in [0.25, 0.3) is 0 Å². The minimum atomic E-state index is -1.03. The Morgan fingerprint density at radius 2 is 1.95 bits per heavy atom. The van der Waals surface area contributed by atoms with E-state index in [1.807, 2.05) is 41.5 Å². The summed E-state index contributed by atoms with van der Waals surface area (Å²) in [6, 6.07) is -0.592. The van der Waals surface area contributed by atoms with E-state index in [-0.39, 0.29) is 18.6 Å². The first-order valence-corrected chi connectivity index (χ1v) is 7.58. The lowest BCUT2D eigenvalue weighted by atomic mass is 10.1. The van der Waals surface area contributed by atoms with E-state index in [0.29, 0.717) is 0 Å². The fraction of sp³-hybridized carbons (Fsp3) is 0.643. The van der Waals surface area contributed by atoms with Crippen LogP contribution in [0.5, 0.6) is 0 Å². The molecular weight excluding hydrogens is 290 g/mol. The van der Waals surface area contributed by atoms with E-state index in [1.54, 1.807) is 0 Å². The van der Waals surface area contributed by atoms with Crippen LogP contribution < -0.4 is 5.32 Å². The van der Waals surface area contributed by atoms with Crippen molar-refractivity contribution in [1.82, 2.24) is 15.2 Å². The zero-order chi connectivity index (χ0) is 16.4. The summed E-state index contributed by atoms with van der Waals surface area (Å²) in [6.45, 7) is 10.8. The Kier molecular flexibility index (Phi) is 5.33. The second-order valence-electron chi connectivity index (χ2n) is 6.00. The molecule has 0 aliphatic heterocycles. The van der Waals surface area contributed by atoms with Crippen LogP contribution in [0, 0.1) is 13.8 Å². The van der Waals surface area contributed by atoms with Gasteiger partial charge in [-0.2, -0.15) is 0 Å². The van der Waals surface area contributed by atoms with Crippen LogP contribution in [-0.2, 0) is 4.79 Å². The lowest BCUT2D eigenvalue weighted by Gasteiger charge is -2.35. The number of rotatable bonds is 4. The van der Waals surface area contributed by atoms with E-state index in [1.165, 1.54) is 16.2 Å². The molecule has 1 atom stereocenters. The molecule has 0 spiro atoms. The Labute approximate surface area is 129 Å². The number of hydrogen-bond donors (Lipinski definition) is 2. The highest BCUT2D eigenvalue weighted by Crippen LogP contribution is 2.25. The van der Waals surface area contributed by atoms with Crippen LogP contribution in [0.15, 0.2) is 0 Å². The molecule has 1 aromatic rings. The van der Waals surface area contributed by atoms with Gasteiger partial charge in [-0.25, -0.2) is 9.78 Å². The number of amides is 2. The largest absolute Gasteiger partial charge is 0.480 e. The number of aliphatic carboxylic acids is 1. The number of thiazole rings is 1. The van der Waals surface area contributed by atoms with Crippen molar-refractivity contribution in [2.75, 3.05) is 6.54 Å². The van der Waals surface area contributed by atoms with Crippen LogP contribution in [0.25, 0.3) is 0 Å². The van der Waals surface area contributed by atoms with Gasteiger partial charge in [-0.15, -0.1) is 11.3 Å². The summed E-state index contributed by atoms with van der Waals surface area (Å²) < 4.78 is 0. The van der Waals surface area contributed by atoms with Gasteiger partial charge in [0.05, 0.1) is 16.7 Å². The van der Waals surface area contributed by atoms with Crippen molar-refractivity contribution in [3.8, 4) is 0 Å². The third-order valence-electron chi connectivity index (χ3n) is 3.02. The molecule has 118 valence electrons. The minimum absolute atomic E-state index is 0.206. The first-order valence-electron chi connectivity index (χ1n) is 6.76. The second kappa shape index (κ2) is 6.43. The van der Waals surface area contributed by atoms with Crippen molar-refractivity contribution >= 4 is 23.3 Å². The van der Waals surface area contributed by atoms with Crippen molar-refractivity contribution in [3.05, 3.63) is 15.6 Å². The number of aryl methyl sites for hydroxylation is 2. The van der Waals surface area contributed by atoms with Gasteiger partial charge in [-0.05, 0) is 41.5 Å². The molecule has 0 aliphatic carbocycles. The van der Waals surface area contributed by atoms with Gasteiger partial charge in [0.1, 0.15) is 6.54 Å². The molecule has 6 nitrogen and oxygen atoms in total. The standard InChI is InChI=1S/C14H23N3O3S/c1-8-12(21-10(3)15-8)9(2)16-13(20)17(7-11(18)19)14(4,5)6/h9H,7H2,1-6H3,(H,16,20)(H,18,19). The molecule has 2 N–H and O–H groups in total. The molecule has 1 heterocycles. The van der Waals surface area contributed by atoms with E-state index in [9.17, 15) is 9.59 Å². The fourth-order valence-electron chi connectivity index (χ4n) is 2.03. The van der Waals surface area contributed by atoms with E-state index in [4.69, 9.17) is 5.11 Å². The summed E-state index contributed by atoms with van der Waals surface area (Å²) >= 11 is 1.54. The lowest BCUT2D eigenvalue weighted by molar-refractivity contribution is -0.138. The van der Waals surface area contributed by atoms with Gasteiger partial charge in [-0.3, -0.25) is 4.79 Å². The highest BCUT2D eigenvalue weighted by atomic mass is 32.1. The molecule has 0 aliphatic rings. The van der Waals surface area contributed by atoms with Crippen LogP contribution in [0.1, 0.15) is 49.3 Å². The molecule has 1 rings (SSSR count). The summed E-state index contributed by atoms with van der Waals surface area (Å²) in [5, 5.41) is 12.8. The van der Waals surface area contributed by atoms with Crippen LogP contribution >= 0.6 is 11.3 Å². The minimum Gasteiger partial charge on any atom is -0.480 e. The topological polar surface area (TPSA) is 82.5 Å². The highest BCUT2D eigenvalue weighted by molar-refractivity contribution is 7.11. The van der Waals surface area contributed by atoms with Gasteiger partial charge in [0.15, 0.2) is 0 Å². The molecule has 2 amide bonds.